The maximum absolute atomic E-state index is 5.22. The molecule has 0 aromatic heterocycles. The van der Waals surface area contributed by atoms with Crippen molar-refractivity contribution >= 4 is 0 Å². The Balaban J connectivity index is 2.67. The van der Waals surface area contributed by atoms with E-state index in [0.717, 1.165) is 12.0 Å². The van der Waals surface area contributed by atoms with Gasteiger partial charge in [0, 0.05) is 21.1 Å². The van der Waals surface area contributed by atoms with Gasteiger partial charge in [-0.25, -0.2) is 0 Å². The predicted molar refractivity (Wildman–Crippen MR) is 60.0 cm³/mol. The number of rotatable bonds is 6. The SMILES string of the molecule is CCc1ccccc1OOC(C)(OC)OC. The summed E-state index contributed by atoms with van der Waals surface area (Å²) in [7, 11) is 2.97. The zero-order valence-corrected chi connectivity index (χ0v) is 10.1. The van der Waals surface area contributed by atoms with Crippen molar-refractivity contribution in [3.63, 3.8) is 0 Å². The Morgan fingerprint density at radius 1 is 1.12 bits per heavy atom. The van der Waals surface area contributed by atoms with Gasteiger partial charge in [0.25, 0.3) is 0 Å². The molecule has 1 aromatic rings. The predicted octanol–water partition coefficient (Wildman–Crippen LogP) is 2.53. The third-order valence-electron chi connectivity index (χ3n) is 2.38. The van der Waals surface area contributed by atoms with Crippen molar-refractivity contribution in [2.75, 3.05) is 14.2 Å². The summed E-state index contributed by atoms with van der Waals surface area (Å²) < 4.78 is 10.0. The molecule has 0 aliphatic carbocycles. The number of hydrogen-bond donors (Lipinski definition) is 0. The Kier molecular flexibility index (Phi) is 4.73. The lowest BCUT2D eigenvalue weighted by Gasteiger charge is -2.24. The van der Waals surface area contributed by atoms with Crippen LogP contribution in [0.5, 0.6) is 5.75 Å². The average Bonchev–Trinajstić information content (AvgIpc) is 2.36. The van der Waals surface area contributed by atoms with Gasteiger partial charge in [0.2, 0.25) is 0 Å². The van der Waals surface area contributed by atoms with Gasteiger partial charge in [-0.3, -0.25) is 0 Å². The molecule has 0 saturated heterocycles. The van der Waals surface area contributed by atoms with E-state index in [0.29, 0.717) is 5.75 Å². The molecule has 0 fully saturated rings. The number of para-hydroxylation sites is 1. The van der Waals surface area contributed by atoms with Crippen molar-refractivity contribution in [1.29, 1.82) is 0 Å². The molecule has 0 bridgehead atoms. The van der Waals surface area contributed by atoms with Crippen molar-refractivity contribution in [3.8, 4) is 5.75 Å². The van der Waals surface area contributed by atoms with Crippen LogP contribution in [0.15, 0.2) is 24.3 Å². The molecule has 0 saturated carbocycles. The summed E-state index contributed by atoms with van der Waals surface area (Å²) in [5, 5.41) is 0. The third-order valence-corrected chi connectivity index (χ3v) is 2.38. The van der Waals surface area contributed by atoms with Gasteiger partial charge >= 0.3 is 5.97 Å². The standard InChI is InChI=1S/C12H18O4/c1-5-10-8-6-7-9-11(10)15-16-12(2,13-3)14-4/h6-9H,5H2,1-4H3. The summed E-state index contributed by atoms with van der Waals surface area (Å²) in [5.41, 5.74) is 1.07. The first-order valence-electron chi connectivity index (χ1n) is 5.19. The Morgan fingerprint density at radius 2 is 1.75 bits per heavy atom. The molecule has 0 atom stereocenters. The maximum Gasteiger partial charge on any atom is 0.319 e. The number of methoxy groups -OCH3 is 2. The summed E-state index contributed by atoms with van der Waals surface area (Å²) >= 11 is 0. The van der Waals surface area contributed by atoms with Crippen molar-refractivity contribution in [2.24, 2.45) is 0 Å². The van der Waals surface area contributed by atoms with Crippen LogP contribution >= 0.6 is 0 Å². The molecule has 0 radical (unpaired) electrons. The molecule has 0 unspecified atom stereocenters. The average molecular weight is 226 g/mol. The molecule has 0 spiro atoms. The van der Waals surface area contributed by atoms with E-state index < -0.39 is 5.97 Å². The third kappa shape index (κ3) is 3.20. The highest BCUT2D eigenvalue weighted by Gasteiger charge is 2.26. The molecule has 0 aliphatic heterocycles. The zero-order valence-electron chi connectivity index (χ0n) is 10.1. The number of hydrogen-bond acceptors (Lipinski definition) is 4. The summed E-state index contributed by atoms with van der Waals surface area (Å²) in [4.78, 5) is 10.3. The fourth-order valence-electron chi connectivity index (χ4n) is 1.15. The summed E-state index contributed by atoms with van der Waals surface area (Å²) in [6.07, 6.45) is 0.871. The summed E-state index contributed by atoms with van der Waals surface area (Å²) in [6.45, 7) is 3.68. The first kappa shape index (κ1) is 13.0. The van der Waals surface area contributed by atoms with Gasteiger partial charge in [0.15, 0.2) is 5.75 Å². The lowest BCUT2D eigenvalue weighted by Crippen LogP contribution is -2.34. The summed E-state index contributed by atoms with van der Waals surface area (Å²) in [5.74, 6) is -0.522. The Labute approximate surface area is 96.0 Å². The highest BCUT2D eigenvalue weighted by molar-refractivity contribution is 5.32. The highest BCUT2D eigenvalue weighted by atomic mass is 17.3. The fourth-order valence-corrected chi connectivity index (χ4v) is 1.15. The minimum absolute atomic E-state index is 0.672. The molecule has 0 N–H and O–H groups in total. The normalized spacial score (nSPS) is 11.5. The molecule has 4 heteroatoms. The molecular weight excluding hydrogens is 208 g/mol. The van der Waals surface area contributed by atoms with E-state index in [4.69, 9.17) is 19.2 Å². The van der Waals surface area contributed by atoms with Gasteiger partial charge < -0.3 is 14.4 Å². The van der Waals surface area contributed by atoms with E-state index in [1.54, 1.807) is 6.92 Å². The van der Waals surface area contributed by atoms with Crippen molar-refractivity contribution < 1.29 is 19.2 Å². The van der Waals surface area contributed by atoms with E-state index in [2.05, 4.69) is 0 Å². The minimum atomic E-state index is -1.19. The summed E-state index contributed by atoms with van der Waals surface area (Å²) in [6, 6.07) is 7.66. The molecule has 0 amide bonds. The monoisotopic (exact) mass is 226 g/mol. The molecule has 0 heterocycles. The van der Waals surface area contributed by atoms with E-state index in [1.807, 2.05) is 31.2 Å². The van der Waals surface area contributed by atoms with Crippen LogP contribution in [0, 0.1) is 0 Å². The van der Waals surface area contributed by atoms with Crippen LogP contribution in [0.1, 0.15) is 19.4 Å². The largest absolute Gasteiger partial charge is 0.332 e. The van der Waals surface area contributed by atoms with Gasteiger partial charge in [-0.2, -0.15) is 0 Å². The zero-order chi connectivity index (χ0) is 12.0. The lowest BCUT2D eigenvalue weighted by atomic mass is 10.1. The van der Waals surface area contributed by atoms with Crippen LogP contribution in [0.3, 0.4) is 0 Å². The molecule has 16 heavy (non-hydrogen) atoms. The topological polar surface area (TPSA) is 36.9 Å². The van der Waals surface area contributed by atoms with Crippen LogP contribution in [-0.2, 0) is 20.8 Å². The highest BCUT2D eigenvalue weighted by Crippen LogP contribution is 2.21. The molecule has 1 aromatic carbocycles. The second-order valence-electron chi connectivity index (χ2n) is 3.40. The Bertz CT molecular complexity index is 321. The first-order chi connectivity index (χ1) is 7.65. The minimum Gasteiger partial charge on any atom is -0.332 e. The van der Waals surface area contributed by atoms with Crippen molar-refractivity contribution in [1.82, 2.24) is 0 Å². The smallest absolute Gasteiger partial charge is 0.319 e. The van der Waals surface area contributed by atoms with Gasteiger partial charge in [0.1, 0.15) is 0 Å². The Morgan fingerprint density at radius 3 is 2.31 bits per heavy atom. The number of ether oxygens (including phenoxy) is 2. The molecule has 4 nitrogen and oxygen atoms in total. The van der Waals surface area contributed by atoms with Crippen LogP contribution in [0.4, 0.5) is 0 Å². The van der Waals surface area contributed by atoms with Crippen LogP contribution in [0.25, 0.3) is 0 Å². The van der Waals surface area contributed by atoms with Crippen LogP contribution in [-0.4, -0.2) is 20.2 Å². The van der Waals surface area contributed by atoms with Gasteiger partial charge in [-0.05, 0) is 18.1 Å². The van der Waals surface area contributed by atoms with E-state index in [-0.39, 0.29) is 0 Å². The first-order valence-corrected chi connectivity index (χ1v) is 5.19. The van der Waals surface area contributed by atoms with E-state index in [9.17, 15) is 0 Å². The van der Waals surface area contributed by atoms with Crippen LogP contribution < -0.4 is 4.89 Å². The number of benzene rings is 1. The van der Waals surface area contributed by atoms with E-state index >= 15 is 0 Å². The lowest BCUT2D eigenvalue weighted by molar-refractivity contribution is -0.455. The van der Waals surface area contributed by atoms with Gasteiger partial charge in [0.05, 0.1) is 0 Å². The van der Waals surface area contributed by atoms with Crippen LogP contribution in [0.2, 0.25) is 0 Å². The fraction of sp³-hybridized carbons (Fsp3) is 0.500. The van der Waals surface area contributed by atoms with Gasteiger partial charge in [-0.1, -0.05) is 25.1 Å². The molecule has 90 valence electrons. The second-order valence-corrected chi connectivity index (χ2v) is 3.40. The maximum atomic E-state index is 5.22. The molecule has 0 aliphatic rings. The second kappa shape index (κ2) is 5.84. The Hall–Kier alpha value is -1.10. The van der Waals surface area contributed by atoms with Gasteiger partial charge in [-0.15, -0.1) is 4.89 Å². The number of aryl methyl sites for hydroxylation is 1. The van der Waals surface area contributed by atoms with E-state index in [1.165, 1.54) is 14.2 Å². The van der Waals surface area contributed by atoms with Crippen molar-refractivity contribution in [3.05, 3.63) is 29.8 Å². The quantitative estimate of drug-likeness (QED) is 0.424. The molecule has 1 rings (SSSR count). The van der Waals surface area contributed by atoms with Crippen molar-refractivity contribution in [2.45, 2.75) is 26.2 Å². The molecular formula is C12H18O4.